The first-order chi connectivity index (χ1) is 57.9. The third kappa shape index (κ3) is 45.8. The van der Waals surface area contributed by atoms with Crippen molar-refractivity contribution in [2.75, 3.05) is 92.0 Å². The Labute approximate surface area is 702 Å². The number of unbranched alkanes of at least 4 members (excludes halogenated alkanes) is 10. The average Bonchev–Trinajstić information content (AvgIpc) is 0.830. The maximum absolute atomic E-state index is 13.2. The number of nitrogens with one attached hydrogen (secondary N) is 3. The number of rotatable bonds is 59. The molecule has 15 atom stereocenters. The second-order valence-corrected chi connectivity index (χ2v) is 29.3. The zero-order valence-electron chi connectivity index (χ0n) is 68.5. The Bertz CT molecular complexity index is 3210. The van der Waals surface area contributed by atoms with E-state index in [1.807, 2.05) is 36.4 Å². The van der Waals surface area contributed by atoms with Gasteiger partial charge in [-0.25, -0.2) is 0 Å². The van der Waals surface area contributed by atoms with Crippen molar-refractivity contribution in [1.82, 2.24) is 25.8 Å². The summed E-state index contributed by atoms with van der Waals surface area (Å²) < 4.78 is 41.8. The number of hydrogen-bond donors (Lipinski definition) is 18. The Morgan fingerprint density at radius 3 is 1.04 bits per heavy atom. The number of nitrogens with two attached hydrogens (primary N) is 1. The third-order valence-corrected chi connectivity index (χ3v) is 19.3. The van der Waals surface area contributed by atoms with Gasteiger partial charge in [0.15, 0.2) is 30.4 Å². The zero-order chi connectivity index (χ0) is 89.4. The van der Waals surface area contributed by atoms with Crippen molar-refractivity contribution in [3.63, 3.8) is 0 Å². The lowest BCUT2D eigenvalue weighted by molar-refractivity contribution is -0.301. The molecule has 3 saturated heterocycles. The fourth-order valence-corrected chi connectivity index (χ4v) is 12.3. The first-order valence-electron chi connectivity index (χ1n) is 41.1. The van der Waals surface area contributed by atoms with Gasteiger partial charge in [0, 0.05) is 84.0 Å². The van der Waals surface area contributed by atoms with E-state index < -0.39 is 166 Å². The van der Waals surface area contributed by atoms with E-state index in [1.165, 1.54) is 0 Å². The smallest absolute Gasteiger partial charge is 0.306 e. The van der Waals surface area contributed by atoms with Gasteiger partial charge in [-0.15, -0.1) is 0 Å². The Kier molecular flexibility index (Phi) is 55.7. The zero-order valence-corrected chi connectivity index (χ0v) is 68.5. The fraction of sp³-hybridized carbons (Fsp3) is 0.704. The minimum Gasteiger partial charge on any atom is -0.481 e. The van der Waals surface area contributed by atoms with E-state index in [1.54, 1.807) is 24.3 Å². The average molecular weight is 1730 g/mol. The highest BCUT2D eigenvalue weighted by molar-refractivity contribution is 5.92. The van der Waals surface area contributed by atoms with E-state index in [9.17, 15) is 114 Å². The molecule has 40 nitrogen and oxygen atoms in total. The van der Waals surface area contributed by atoms with E-state index in [0.717, 1.165) is 20.9 Å². The largest absolute Gasteiger partial charge is 0.481 e. The van der Waals surface area contributed by atoms with Gasteiger partial charge in [0.2, 0.25) is 29.5 Å². The number of nitrogens with zero attached hydrogens (tertiary/aromatic N) is 2. The van der Waals surface area contributed by atoms with Crippen LogP contribution in [0.5, 0.6) is 0 Å². The molecule has 0 bridgehead atoms. The van der Waals surface area contributed by atoms with Crippen LogP contribution in [0.25, 0.3) is 0 Å². The molecule has 3 fully saturated rings. The summed E-state index contributed by atoms with van der Waals surface area (Å²) in [6.45, 7) is -1.85. The van der Waals surface area contributed by atoms with Crippen LogP contribution in [0.4, 0.5) is 0 Å². The molecular formula is C81H128N6O34. The molecule has 3 heterocycles. The number of carboxylic acid groups (broad SMARTS) is 2. The van der Waals surface area contributed by atoms with Gasteiger partial charge in [0.25, 0.3) is 0 Å². The summed E-state index contributed by atoms with van der Waals surface area (Å²) in [4.78, 5) is 149. The molecule has 3 aliphatic heterocycles. The molecule has 0 radical (unpaired) electrons. The predicted molar refractivity (Wildman–Crippen MR) is 423 cm³/mol. The van der Waals surface area contributed by atoms with Crippen LogP contribution in [0.1, 0.15) is 178 Å². The lowest BCUT2D eigenvalue weighted by Gasteiger charge is -2.39. The Hall–Kier alpha value is -8.08. The normalized spacial score (nSPS) is 22.4. The highest BCUT2D eigenvalue weighted by atomic mass is 16.7. The van der Waals surface area contributed by atoms with Crippen molar-refractivity contribution < 1.29 is 167 Å². The molecule has 3 aliphatic rings. The number of aliphatic hydroxyl groups is 12. The van der Waals surface area contributed by atoms with Crippen LogP contribution < -0.4 is 21.7 Å². The summed E-state index contributed by atoms with van der Waals surface area (Å²) in [6.07, 6.45) is -11.4. The second-order valence-electron chi connectivity index (χ2n) is 29.3. The second kappa shape index (κ2) is 62.9. The van der Waals surface area contributed by atoms with E-state index in [0.29, 0.717) is 103 Å². The number of carbonyl (C=O) groups is 12. The summed E-state index contributed by atoms with van der Waals surface area (Å²) in [7, 11) is 0. The molecule has 0 aliphatic carbocycles. The Balaban J connectivity index is 0.000000583. The van der Waals surface area contributed by atoms with E-state index >= 15 is 0 Å². The number of ether oxygens (including phenoxy) is 8. The summed E-state index contributed by atoms with van der Waals surface area (Å²) in [5.41, 5.74) is 6.78. The third-order valence-electron chi connectivity index (χ3n) is 19.3. The number of hydrogen-bond acceptors (Lipinski definition) is 33. The number of Topliss-reactive ketones (excluding diaryl/α,β-unsaturated/α-hetero) is 3. The van der Waals surface area contributed by atoms with Gasteiger partial charge in [-0.1, -0.05) is 99.2 Å². The highest BCUT2D eigenvalue weighted by Crippen LogP contribution is 2.25. The van der Waals surface area contributed by atoms with Crippen LogP contribution in [0.15, 0.2) is 60.7 Å². The van der Waals surface area contributed by atoms with Crippen LogP contribution in [-0.4, -0.2) is 336 Å². The minimum atomic E-state index is -1.57. The molecule has 5 rings (SSSR count). The fourth-order valence-electron chi connectivity index (χ4n) is 12.3. The molecule has 40 heteroatoms. The number of carboxylic acids is 2. The first-order valence-corrected chi connectivity index (χ1v) is 41.1. The van der Waals surface area contributed by atoms with Crippen LogP contribution in [-0.2, 0) is 109 Å². The van der Waals surface area contributed by atoms with Crippen LogP contribution >= 0.6 is 0 Å². The summed E-state index contributed by atoms with van der Waals surface area (Å²) in [5.74, 6) is -5.72. The van der Waals surface area contributed by atoms with Crippen molar-refractivity contribution in [3.8, 4) is 0 Å². The number of carbonyl (C=O) groups excluding carboxylic acids is 10. The van der Waals surface area contributed by atoms with Crippen molar-refractivity contribution in [2.45, 2.75) is 272 Å². The van der Waals surface area contributed by atoms with Crippen LogP contribution in [0, 0.1) is 0 Å². The minimum absolute atomic E-state index is 0.0227. The number of amides is 5. The molecule has 5 amide bonds. The molecule has 2 aromatic carbocycles. The molecule has 686 valence electrons. The number of ketones is 3. The molecule has 121 heavy (non-hydrogen) atoms. The van der Waals surface area contributed by atoms with Gasteiger partial charge in [-0.2, -0.15) is 0 Å². The standard InChI is InChI=1S/C45H71N3O19.C28H40N2O9.C8H17NO6/c49-26-32-38(57)40(59)42(61)44(66-32)63-22-11-16-30(51)14-8-4-10-20-46-35(54)25-48(36(55)18-19-37(56)65-28-29-12-5-3-6-13-29)24-31(52)15-7-1-2-9-17-34(53)47-21-23-64-45-43(62)41(60)39(58)33(27-50)67-45;31-23(13-7-1-2-8-14-26(34)35)19-30(20-24(32)29-18-10-4-9-15-27(36)37)25(33)16-17-28(38)39-21-22-11-5-3-6-12-22;9-1-2-14-8-7(13)6(12)5(11)4(3-10)15-8/h3,5-6,12-13,32-33,38-45,49-50,57-62H,1-2,4,7-11,14-28H2,(H,46,54)(H,47,53);3,5-6,11-12H,1-2,4,7-10,13-21H2,(H,29,32)(H,34,35)(H,36,37);4-8,10-13H,1-3,9H2/t32-,33-,38-,39-,40+,41+,42+,43+,44+,45+;;4-,5-,6+,7+,8+/m1.1/s1. The van der Waals surface area contributed by atoms with E-state index in [4.69, 9.17) is 58.9 Å². The van der Waals surface area contributed by atoms with Crippen molar-refractivity contribution in [3.05, 3.63) is 71.8 Å². The van der Waals surface area contributed by atoms with Crippen molar-refractivity contribution in [2.24, 2.45) is 5.73 Å². The number of benzene rings is 2. The molecule has 19 N–H and O–H groups in total. The van der Waals surface area contributed by atoms with Crippen molar-refractivity contribution >= 4 is 70.8 Å². The Morgan fingerprint density at radius 2 is 0.669 bits per heavy atom. The molecule has 0 saturated carbocycles. The number of esters is 2. The number of aliphatic carboxylic acids is 2. The molecule has 0 spiro atoms. The van der Waals surface area contributed by atoms with Gasteiger partial charge < -0.3 is 141 Å². The predicted octanol–water partition coefficient (Wildman–Crippen LogP) is -2.12. The van der Waals surface area contributed by atoms with Crippen LogP contribution in [0.3, 0.4) is 0 Å². The molecule has 0 unspecified atom stereocenters. The SMILES string of the molecule is NCCO[C@H]1O[C@H](CO)[C@@H](O)[C@H](O)[C@@H]1O.O=C(CCCCCNC(=O)CN(CC(=O)CCCCCCC(=O)NCCO[C@H]1O[C@H](CO)[C@@H](O)[C@H](O)[C@@H]1O)C(=O)CCC(=O)OCc1ccccc1)CCCO[C@H]1O[C@H](CO)[C@@H](O)[C@H](O)[C@@H]1O.O=C(O)CCCCCCC(=O)CN(CC(=O)NCCCCCC(=O)O)C(=O)CCC(=O)OCc1ccccc1. The van der Waals surface area contributed by atoms with Gasteiger partial charge in [-0.3, -0.25) is 57.5 Å². The lowest BCUT2D eigenvalue weighted by Crippen LogP contribution is -2.59. The van der Waals surface area contributed by atoms with Gasteiger partial charge in [0.1, 0.15) is 92.2 Å². The summed E-state index contributed by atoms with van der Waals surface area (Å²) in [5, 5.41) is 141. The summed E-state index contributed by atoms with van der Waals surface area (Å²) in [6, 6.07) is 18.1. The maximum Gasteiger partial charge on any atom is 0.306 e. The maximum atomic E-state index is 13.2. The first kappa shape index (κ1) is 107. The number of aliphatic hydroxyl groups excluding tert-OH is 12. The monoisotopic (exact) mass is 1730 g/mol. The van der Waals surface area contributed by atoms with Crippen molar-refractivity contribution in [1.29, 1.82) is 0 Å². The Morgan fingerprint density at radius 1 is 0.339 bits per heavy atom. The van der Waals surface area contributed by atoms with Gasteiger partial charge in [-0.05, 0) is 68.9 Å². The topological polar surface area (TPSA) is 630 Å². The van der Waals surface area contributed by atoms with Gasteiger partial charge in [0.05, 0.1) is 78.7 Å². The van der Waals surface area contributed by atoms with E-state index in [-0.39, 0.29) is 166 Å². The molecular weight excluding hydrogens is 1600 g/mol. The van der Waals surface area contributed by atoms with Crippen LogP contribution in [0.2, 0.25) is 0 Å². The lowest BCUT2D eigenvalue weighted by atomic mass is 9.99. The van der Waals surface area contributed by atoms with Gasteiger partial charge >= 0.3 is 23.9 Å². The molecule has 0 aromatic heterocycles. The molecule has 2 aromatic rings. The summed E-state index contributed by atoms with van der Waals surface area (Å²) >= 11 is 0. The van der Waals surface area contributed by atoms with E-state index in [2.05, 4.69) is 16.0 Å². The quantitative estimate of drug-likeness (QED) is 0.0249. The highest BCUT2D eigenvalue weighted by Gasteiger charge is 2.46.